The standard InChI is InChI=1S/C54H57BN2S/c1-33-28-43-46-44(29-33)57(41-19-15-14-18-37(41)34-16-12-11-13-17-34)49-47-45-48(58-49)52(7,8)25-27-54(45,10)32-53(9)26-24-51(5,6)38-31-42(40(55(46)47)30-39(38)53)56(43)36-22-20-35(21-23-36)50(2,3)4/h11-23,28-31H,24-27,32H2,1-10H3. The Labute approximate surface area is 351 Å². The van der Waals surface area contributed by atoms with Gasteiger partial charge in [-0.3, -0.25) is 0 Å². The molecule has 3 aliphatic heterocycles. The van der Waals surface area contributed by atoms with Crippen molar-refractivity contribution < 1.29 is 0 Å². The van der Waals surface area contributed by atoms with Crippen LogP contribution in [0.5, 0.6) is 0 Å². The van der Waals surface area contributed by atoms with E-state index in [4.69, 9.17) is 0 Å². The molecule has 11 rings (SSSR count). The molecule has 5 aliphatic rings. The minimum atomic E-state index is 0.0578. The maximum absolute atomic E-state index is 2.76. The second kappa shape index (κ2) is 11.8. The van der Waals surface area contributed by atoms with Gasteiger partial charge in [-0.05, 0) is 152 Å². The molecule has 0 saturated heterocycles. The molecule has 0 fully saturated rings. The SMILES string of the molecule is Cc1cc2c3c(c1)N(c1ccccc1-c1ccccc1)c1sc4c5c1B3c1cc3c(cc1N2c1ccc(C(C)(C)C)cc1)C(C)(C)CCC3(C)CC5(C)CCC4(C)C. The zero-order chi connectivity index (χ0) is 40.3. The van der Waals surface area contributed by atoms with Gasteiger partial charge in [-0.25, -0.2) is 0 Å². The van der Waals surface area contributed by atoms with Gasteiger partial charge in [0.25, 0.3) is 6.71 Å². The van der Waals surface area contributed by atoms with Crippen molar-refractivity contribution in [3.63, 3.8) is 0 Å². The Morgan fingerprint density at radius 2 is 1.26 bits per heavy atom. The molecular weight excluding hydrogens is 719 g/mol. The molecule has 2 aliphatic carbocycles. The van der Waals surface area contributed by atoms with Crippen molar-refractivity contribution in [2.24, 2.45) is 0 Å². The third-order valence-electron chi connectivity index (χ3n) is 15.4. The van der Waals surface area contributed by atoms with E-state index in [0.29, 0.717) is 0 Å². The minimum absolute atomic E-state index is 0.0578. The predicted molar refractivity (Wildman–Crippen MR) is 251 cm³/mol. The molecule has 2 unspecified atom stereocenters. The number of aryl methyl sites for hydroxylation is 1. The number of para-hydroxylation sites is 1. The lowest BCUT2D eigenvalue weighted by atomic mass is 9.32. The van der Waals surface area contributed by atoms with E-state index in [-0.39, 0.29) is 33.8 Å². The number of hydrogen-bond donors (Lipinski definition) is 0. The molecule has 0 amide bonds. The second-order valence-electron chi connectivity index (χ2n) is 21.5. The fourth-order valence-corrected chi connectivity index (χ4v) is 13.9. The Hall–Kier alpha value is -4.54. The Kier molecular flexibility index (Phi) is 7.44. The summed E-state index contributed by atoms with van der Waals surface area (Å²) in [5.74, 6) is 0. The Morgan fingerprint density at radius 3 is 1.98 bits per heavy atom. The van der Waals surface area contributed by atoms with E-state index in [9.17, 15) is 0 Å². The van der Waals surface area contributed by atoms with Crippen LogP contribution in [0.2, 0.25) is 0 Å². The van der Waals surface area contributed by atoms with E-state index < -0.39 is 0 Å². The van der Waals surface area contributed by atoms with Crippen molar-refractivity contribution in [1.82, 2.24) is 0 Å². The van der Waals surface area contributed by atoms with Gasteiger partial charge < -0.3 is 9.80 Å². The summed E-state index contributed by atoms with van der Waals surface area (Å²) < 4.78 is 0. The third-order valence-corrected chi connectivity index (χ3v) is 16.9. The lowest BCUT2D eigenvalue weighted by molar-refractivity contribution is 0.211. The Balaban J connectivity index is 1.31. The lowest BCUT2D eigenvalue weighted by Crippen LogP contribution is -2.62. The highest BCUT2D eigenvalue weighted by atomic mass is 32.1. The molecule has 5 aromatic carbocycles. The molecule has 0 saturated carbocycles. The van der Waals surface area contributed by atoms with Crippen molar-refractivity contribution in [3.8, 4) is 11.1 Å². The van der Waals surface area contributed by atoms with Crippen LogP contribution in [-0.2, 0) is 27.1 Å². The van der Waals surface area contributed by atoms with E-state index in [1.165, 1.54) is 98.7 Å². The summed E-state index contributed by atoms with van der Waals surface area (Å²) in [6.07, 6.45) is 6.06. The molecule has 1 aromatic heterocycles. The first-order valence-electron chi connectivity index (χ1n) is 21.9. The normalized spacial score (nSPS) is 23.0. The summed E-state index contributed by atoms with van der Waals surface area (Å²) in [6, 6.07) is 40.3. The maximum Gasteiger partial charge on any atom is 0.253 e. The zero-order valence-corrected chi connectivity index (χ0v) is 37.0. The molecule has 2 atom stereocenters. The van der Waals surface area contributed by atoms with Crippen LogP contribution in [0, 0.1) is 6.92 Å². The average Bonchev–Trinajstić information content (AvgIpc) is 3.61. The molecule has 2 bridgehead atoms. The van der Waals surface area contributed by atoms with E-state index in [0.717, 1.165) is 0 Å². The minimum Gasteiger partial charge on any atom is -0.311 e. The van der Waals surface area contributed by atoms with Crippen LogP contribution in [0.1, 0.15) is 127 Å². The van der Waals surface area contributed by atoms with Gasteiger partial charge >= 0.3 is 0 Å². The number of rotatable bonds is 3. The molecule has 58 heavy (non-hydrogen) atoms. The molecule has 2 nitrogen and oxygen atoms in total. The van der Waals surface area contributed by atoms with Crippen LogP contribution < -0.4 is 26.2 Å². The fraction of sp³-hybridized carbons (Fsp3) is 0.370. The van der Waals surface area contributed by atoms with Gasteiger partial charge in [0.05, 0.1) is 10.7 Å². The average molecular weight is 777 g/mol. The van der Waals surface area contributed by atoms with Crippen molar-refractivity contribution in [2.75, 3.05) is 9.80 Å². The van der Waals surface area contributed by atoms with E-state index >= 15 is 0 Å². The van der Waals surface area contributed by atoms with Gasteiger partial charge in [-0.15, -0.1) is 11.3 Å². The van der Waals surface area contributed by atoms with Crippen LogP contribution in [0.15, 0.2) is 103 Å². The van der Waals surface area contributed by atoms with E-state index in [1.807, 2.05) is 0 Å². The molecule has 0 radical (unpaired) electrons. The van der Waals surface area contributed by atoms with E-state index in [2.05, 4.69) is 194 Å². The monoisotopic (exact) mass is 776 g/mol. The third kappa shape index (κ3) is 4.97. The molecule has 6 aromatic rings. The van der Waals surface area contributed by atoms with Gasteiger partial charge in [-0.2, -0.15) is 0 Å². The van der Waals surface area contributed by atoms with Crippen LogP contribution in [0.3, 0.4) is 0 Å². The lowest BCUT2D eigenvalue weighted by Gasteiger charge is -2.50. The summed E-state index contributed by atoms with van der Waals surface area (Å²) >= 11 is 2.12. The van der Waals surface area contributed by atoms with Crippen LogP contribution >= 0.6 is 11.3 Å². The van der Waals surface area contributed by atoms with Gasteiger partial charge in [0.1, 0.15) is 0 Å². The summed E-state index contributed by atoms with van der Waals surface area (Å²) in [5, 5.41) is 1.43. The quantitative estimate of drug-likeness (QED) is 0.165. The highest BCUT2D eigenvalue weighted by molar-refractivity contribution is 7.20. The van der Waals surface area contributed by atoms with Crippen LogP contribution in [0.25, 0.3) is 11.1 Å². The molecular formula is C54H57BN2S. The maximum atomic E-state index is 2.76. The number of hydrogen-bond acceptors (Lipinski definition) is 3. The second-order valence-corrected chi connectivity index (χ2v) is 22.5. The highest BCUT2D eigenvalue weighted by Crippen LogP contribution is 2.61. The van der Waals surface area contributed by atoms with Crippen LogP contribution in [-0.4, -0.2) is 6.71 Å². The smallest absolute Gasteiger partial charge is 0.253 e. The van der Waals surface area contributed by atoms with Crippen molar-refractivity contribution in [1.29, 1.82) is 0 Å². The summed E-state index contributed by atoms with van der Waals surface area (Å²) in [4.78, 5) is 7.01. The largest absolute Gasteiger partial charge is 0.311 e. The molecule has 0 spiro atoms. The fourth-order valence-electron chi connectivity index (χ4n) is 12.2. The first-order chi connectivity index (χ1) is 27.5. The first-order valence-corrected chi connectivity index (χ1v) is 22.7. The summed E-state index contributed by atoms with van der Waals surface area (Å²) in [7, 11) is 0. The number of thiophene rings is 1. The van der Waals surface area contributed by atoms with Crippen molar-refractivity contribution in [2.45, 2.75) is 128 Å². The summed E-state index contributed by atoms with van der Waals surface area (Å²) in [6.45, 7) is 24.8. The van der Waals surface area contributed by atoms with Crippen molar-refractivity contribution >= 4 is 67.9 Å². The number of benzene rings is 5. The molecule has 4 heteroatoms. The highest BCUT2D eigenvalue weighted by Gasteiger charge is 2.56. The van der Waals surface area contributed by atoms with Crippen LogP contribution in [0.4, 0.5) is 33.4 Å². The van der Waals surface area contributed by atoms with Gasteiger partial charge in [0.2, 0.25) is 0 Å². The van der Waals surface area contributed by atoms with Crippen molar-refractivity contribution in [3.05, 3.63) is 136 Å². The predicted octanol–water partition coefficient (Wildman–Crippen LogP) is 13.2. The molecule has 0 N–H and O–H groups in total. The number of nitrogens with zero attached hydrogens (tertiary/aromatic N) is 2. The number of anilines is 6. The summed E-state index contributed by atoms with van der Waals surface area (Å²) in [5.41, 5.74) is 21.5. The van der Waals surface area contributed by atoms with Gasteiger partial charge in [0, 0.05) is 33.2 Å². The molecule has 4 heterocycles. The van der Waals surface area contributed by atoms with Gasteiger partial charge in [-0.1, -0.05) is 129 Å². The van der Waals surface area contributed by atoms with Gasteiger partial charge in [0.15, 0.2) is 0 Å². The molecule has 292 valence electrons. The topological polar surface area (TPSA) is 6.48 Å². The Morgan fingerprint density at radius 1 is 0.603 bits per heavy atom. The zero-order valence-electron chi connectivity index (χ0n) is 36.2. The Bertz CT molecular complexity index is 2690. The van der Waals surface area contributed by atoms with E-state index in [1.54, 1.807) is 27.0 Å². The first kappa shape index (κ1) is 36.5.